The summed E-state index contributed by atoms with van der Waals surface area (Å²) in [6.45, 7) is 12.2. The van der Waals surface area contributed by atoms with Crippen molar-refractivity contribution in [3.8, 4) is 0 Å². The zero-order valence-corrected chi connectivity index (χ0v) is 14.5. The lowest BCUT2D eigenvalue weighted by atomic mass is 9.79. The summed E-state index contributed by atoms with van der Waals surface area (Å²) in [4.78, 5) is 0. The van der Waals surface area contributed by atoms with Crippen molar-refractivity contribution >= 4 is 24.3 Å². The van der Waals surface area contributed by atoms with E-state index in [4.69, 9.17) is 9.31 Å². The van der Waals surface area contributed by atoms with Gasteiger partial charge in [0.1, 0.15) is 5.82 Å². The van der Waals surface area contributed by atoms with Crippen molar-refractivity contribution in [1.82, 2.24) is 0 Å². The molecule has 2 nitrogen and oxygen atoms in total. The van der Waals surface area contributed by atoms with E-state index in [1.807, 2.05) is 39.8 Å². The van der Waals surface area contributed by atoms with Gasteiger partial charge in [-0.3, -0.25) is 0 Å². The number of benzene rings is 1. The van der Waals surface area contributed by atoms with E-state index in [2.05, 4.69) is 13.8 Å². The Morgan fingerprint density at radius 1 is 1.14 bits per heavy atom. The normalized spacial score (nSPS) is 20.3. The number of rotatable bonds is 4. The Labute approximate surface area is 131 Å². The van der Waals surface area contributed by atoms with E-state index < -0.39 is 18.3 Å². The lowest BCUT2D eigenvalue weighted by Crippen LogP contribution is -2.41. The highest BCUT2D eigenvalue weighted by molar-refractivity contribution is 7.99. The maximum absolute atomic E-state index is 14.2. The van der Waals surface area contributed by atoms with E-state index in [9.17, 15) is 4.39 Å². The van der Waals surface area contributed by atoms with Gasteiger partial charge in [0.2, 0.25) is 0 Å². The molecule has 1 aromatic rings. The first-order valence-corrected chi connectivity index (χ1v) is 8.43. The minimum absolute atomic E-state index is 0.185. The number of halogens is 1. The average Bonchev–Trinajstić information content (AvgIpc) is 2.56. The van der Waals surface area contributed by atoms with Gasteiger partial charge in [-0.05, 0) is 50.0 Å². The summed E-state index contributed by atoms with van der Waals surface area (Å²) >= 11 is 1.73. The van der Waals surface area contributed by atoms with Crippen molar-refractivity contribution in [2.24, 2.45) is 0 Å². The molecule has 116 valence electrons. The lowest BCUT2D eigenvalue weighted by Gasteiger charge is -2.32. The first-order chi connectivity index (χ1) is 9.62. The maximum Gasteiger partial charge on any atom is 0.494 e. The third kappa shape index (κ3) is 3.63. The molecule has 1 aromatic carbocycles. The molecular weight excluding hydrogens is 286 g/mol. The van der Waals surface area contributed by atoms with Crippen LogP contribution in [0.5, 0.6) is 0 Å². The molecule has 0 spiro atoms. The van der Waals surface area contributed by atoms with Crippen LogP contribution < -0.4 is 5.46 Å². The van der Waals surface area contributed by atoms with Gasteiger partial charge in [-0.25, -0.2) is 4.39 Å². The van der Waals surface area contributed by atoms with E-state index in [0.717, 1.165) is 11.0 Å². The fraction of sp³-hybridized carbons (Fsp3) is 0.625. The van der Waals surface area contributed by atoms with Crippen LogP contribution in [0.15, 0.2) is 18.2 Å². The SMILES string of the molecule is CC(C)SCc1ccc(B2OC(C)(C)C(C)(C)O2)cc1F. The Morgan fingerprint density at radius 2 is 1.71 bits per heavy atom. The van der Waals surface area contributed by atoms with Crippen molar-refractivity contribution in [3.05, 3.63) is 29.6 Å². The van der Waals surface area contributed by atoms with Gasteiger partial charge >= 0.3 is 7.12 Å². The van der Waals surface area contributed by atoms with Crippen LogP contribution in [0.3, 0.4) is 0 Å². The number of hydrogen-bond donors (Lipinski definition) is 0. The van der Waals surface area contributed by atoms with Crippen molar-refractivity contribution in [3.63, 3.8) is 0 Å². The second-order valence-corrected chi connectivity index (χ2v) is 8.36. The van der Waals surface area contributed by atoms with E-state index in [1.54, 1.807) is 17.8 Å². The van der Waals surface area contributed by atoms with Crippen LogP contribution in [-0.4, -0.2) is 23.6 Å². The third-order valence-electron chi connectivity index (χ3n) is 4.17. The molecule has 2 rings (SSSR count). The van der Waals surface area contributed by atoms with E-state index >= 15 is 0 Å². The molecule has 0 N–H and O–H groups in total. The predicted molar refractivity (Wildman–Crippen MR) is 88.5 cm³/mol. The highest BCUT2D eigenvalue weighted by Gasteiger charge is 2.51. The fourth-order valence-corrected chi connectivity index (χ4v) is 2.81. The first kappa shape index (κ1) is 16.8. The smallest absolute Gasteiger partial charge is 0.399 e. The second kappa shape index (κ2) is 5.94. The van der Waals surface area contributed by atoms with Crippen LogP contribution in [-0.2, 0) is 15.1 Å². The van der Waals surface area contributed by atoms with Crippen LogP contribution in [0.25, 0.3) is 0 Å². The van der Waals surface area contributed by atoms with Gasteiger partial charge in [-0.15, -0.1) is 0 Å². The average molecular weight is 310 g/mol. The summed E-state index contributed by atoms with van der Waals surface area (Å²) in [5.41, 5.74) is 0.666. The minimum atomic E-state index is -0.503. The summed E-state index contributed by atoms with van der Waals surface area (Å²) in [7, 11) is -0.503. The molecule has 0 saturated carbocycles. The molecule has 1 saturated heterocycles. The Balaban J connectivity index is 2.14. The fourth-order valence-electron chi connectivity index (χ4n) is 2.06. The van der Waals surface area contributed by atoms with Gasteiger partial charge in [0.15, 0.2) is 0 Å². The monoisotopic (exact) mass is 310 g/mol. The van der Waals surface area contributed by atoms with E-state index in [-0.39, 0.29) is 5.82 Å². The molecule has 0 bridgehead atoms. The quantitative estimate of drug-likeness (QED) is 0.789. The zero-order chi connectivity index (χ0) is 15.8. The topological polar surface area (TPSA) is 18.5 Å². The predicted octanol–water partition coefficient (Wildman–Crippen LogP) is 3.77. The van der Waals surface area contributed by atoms with Gasteiger partial charge in [-0.2, -0.15) is 11.8 Å². The Morgan fingerprint density at radius 3 is 2.19 bits per heavy atom. The molecule has 0 amide bonds. The largest absolute Gasteiger partial charge is 0.494 e. The summed E-state index contributed by atoms with van der Waals surface area (Å²) in [5.74, 6) is 0.503. The van der Waals surface area contributed by atoms with E-state index in [1.165, 1.54) is 0 Å². The summed E-state index contributed by atoms with van der Waals surface area (Å²) in [6, 6.07) is 5.28. The molecule has 0 radical (unpaired) electrons. The van der Waals surface area contributed by atoms with E-state index in [0.29, 0.717) is 11.0 Å². The Bertz CT molecular complexity index is 501. The van der Waals surface area contributed by atoms with Crippen molar-refractivity contribution in [2.45, 2.75) is 63.7 Å². The molecule has 0 atom stereocenters. The highest BCUT2D eigenvalue weighted by Crippen LogP contribution is 2.36. The molecule has 1 aliphatic rings. The maximum atomic E-state index is 14.2. The van der Waals surface area contributed by atoms with Gasteiger partial charge in [-0.1, -0.05) is 26.0 Å². The van der Waals surface area contributed by atoms with Crippen LogP contribution in [0.4, 0.5) is 4.39 Å². The van der Waals surface area contributed by atoms with Gasteiger partial charge in [0.05, 0.1) is 11.2 Å². The van der Waals surface area contributed by atoms with Crippen molar-refractivity contribution in [1.29, 1.82) is 0 Å². The van der Waals surface area contributed by atoms with Crippen LogP contribution in [0, 0.1) is 5.82 Å². The molecule has 0 aromatic heterocycles. The standard InChI is InChI=1S/C16H24BFO2S/c1-11(2)21-10-12-7-8-13(9-14(12)18)17-19-15(3,4)16(5,6)20-17/h7-9,11H,10H2,1-6H3. The summed E-state index contributed by atoms with van der Waals surface area (Å²) in [5, 5.41) is 0.493. The molecule has 1 fully saturated rings. The Hall–Kier alpha value is -0.515. The molecule has 21 heavy (non-hydrogen) atoms. The van der Waals surface area contributed by atoms with Crippen LogP contribution in [0.1, 0.15) is 47.1 Å². The van der Waals surface area contributed by atoms with Crippen molar-refractivity contribution in [2.75, 3.05) is 0 Å². The summed E-state index contributed by atoms with van der Waals surface area (Å²) < 4.78 is 26.1. The highest BCUT2D eigenvalue weighted by atomic mass is 32.2. The lowest BCUT2D eigenvalue weighted by molar-refractivity contribution is 0.00578. The van der Waals surface area contributed by atoms with Gasteiger partial charge in [0.25, 0.3) is 0 Å². The third-order valence-corrected chi connectivity index (χ3v) is 5.32. The zero-order valence-electron chi connectivity index (χ0n) is 13.7. The van der Waals surface area contributed by atoms with Gasteiger partial charge in [0, 0.05) is 5.75 Å². The molecule has 0 aliphatic carbocycles. The van der Waals surface area contributed by atoms with Gasteiger partial charge < -0.3 is 9.31 Å². The number of hydrogen-bond acceptors (Lipinski definition) is 3. The summed E-state index contributed by atoms with van der Waals surface area (Å²) in [6.07, 6.45) is 0. The number of thioether (sulfide) groups is 1. The van der Waals surface area contributed by atoms with Crippen molar-refractivity contribution < 1.29 is 13.7 Å². The molecule has 0 unspecified atom stereocenters. The van der Waals surface area contributed by atoms with Crippen LogP contribution in [0.2, 0.25) is 0 Å². The molecule has 1 heterocycles. The minimum Gasteiger partial charge on any atom is -0.399 e. The molecular formula is C16H24BFO2S. The second-order valence-electron chi connectivity index (χ2n) is 6.80. The molecule has 5 heteroatoms. The van der Waals surface area contributed by atoms with Crippen LogP contribution >= 0.6 is 11.8 Å². The molecule has 1 aliphatic heterocycles. The first-order valence-electron chi connectivity index (χ1n) is 7.38. The Kier molecular flexibility index (Phi) is 4.76.